The number of hydrogen-bond acceptors (Lipinski definition) is 3. The summed E-state index contributed by atoms with van der Waals surface area (Å²) < 4.78 is 2.63. The highest BCUT2D eigenvalue weighted by Gasteiger charge is 2.41. The van der Waals surface area contributed by atoms with Crippen molar-refractivity contribution in [3.05, 3.63) is 170 Å². The lowest BCUT2D eigenvalue weighted by Gasteiger charge is -2.19. The molecule has 0 amide bonds. The molecule has 0 aliphatic carbocycles. The summed E-state index contributed by atoms with van der Waals surface area (Å²) in [5.41, 5.74) is 12.8. The van der Waals surface area contributed by atoms with E-state index in [2.05, 4.69) is 183 Å². The first-order chi connectivity index (χ1) is 25.5. The summed E-state index contributed by atoms with van der Waals surface area (Å²) in [4.78, 5) is 11.0. The van der Waals surface area contributed by atoms with Crippen molar-refractivity contribution in [3.63, 3.8) is 0 Å². The van der Waals surface area contributed by atoms with Crippen LogP contribution in [0.25, 0.3) is 87.3 Å². The van der Waals surface area contributed by atoms with Crippen LogP contribution in [0.2, 0.25) is 13.1 Å². The van der Waals surface area contributed by atoms with Crippen LogP contribution in [0, 0.1) is 0 Å². The van der Waals surface area contributed by atoms with Gasteiger partial charge in [0.1, 0.15) is 8.07 Å². The Hall–Kier alpha value is -5.94. The first-order valence-corrected chi connectivity index (χ1v) is 21.6. The zero-order valence-electron chi connectivity index (χ0n) is 29.0. The molecule has 3 heterocycles. The van der Waals surface area contributed by atoms with E-state index in [1.807, 2.05) is 11.3 Å². The highest BCUT2D eigenvalue weighted by Crippen LogP contribution is 2.41. The van der Waals surface area contributed by atoms with Crippen LogP contribution in [0.3, 0.4) is 0 Å². The lowest BCUT2D eigenvalue weighted by molar-refractivity contribution is 1.21. The second kappa shape index (κ2) is 12.1. The third-order valence-electron chi connectivity index (χ3n) is 10.6. The molecule has 0 unspecified atom stereocenters. The molecule has 0 N–H and O–H groups in total. The van der Waals surface area contributed by atoms with E-state index in [0.717, 1.165) is 22.6 Å². The molecule has 0 bridgehead atoms. The second-order valence-corrected chi connectivity index (χ2v) is 19.5. The monoisotopic (exact) mass is 698 g/mol. The molecule has 0 atom stereocenters. The van der Waals surface area contributed by atoms with E-state index >= 15 is 0 Å². The van der Waals surface area contributed by atoms with E-state index < -0.39 is 8.07 Å². The van der Waals surface area contributed by atoms with Crippen LogP contribution < -0.4 is 10.5 Å². The van der Waals surface area contributed by atoms with Gasteiger partial charge in [0.05, 0.1) is 5.69 Å². The number of aromatic nitrogens is 2. The van der Waals surface area contributed by atoms with Gasteiger partial charge in [0.25, 0.3) is 0 Å². The molecular formula is C48H34N2SSi. The maximum Gasteiger partial charge on any atom is 0.159 e. The van der Waals surface area contributed by atoms with Crippen molar-refractivity contribution in [1.82, 2.24) is 9.97 Å². The molecule has 7 aromatic carbocycles. The van der Waals surface area contributed by atoms with Gasteiger partial charge in [-0.25, -0.2) is 9.97 Å². The van der Waals surface area contributed by atoms with Gasteiger partial charge >= 0.3 is 0 Å². The van der Waals surface area contributed by atoms with Crippen LogP contribution >= 0.6 is 11.3 Å². The molecule has 1 aliphatic rings. The summed E-state index contributed by atoms with van der Waals surface area (Å²) >= 11 is 1.87. The van der Waals surface area contributed by atoms with Gasteiger partial charge in [0.15, 0.2) is 5.82 Å². The normalized spacial score (nSPS) is 13.0. The fraction of sp³-hybridized carbons (Fsp3) is 0.0417. The number of nitrogens with zero attached hydrogens (tertiary/aromatic N) is 2. The van der Waals surface area contributed by atoms with Gasteiger partial charge in [-0.2, -0.15) is 0 Å². The van der Waals surface area contributed by atoms with Crippen molar-refractivity contribution in [2.45, 2.75) is 13.1 Å². The molecule has 4 heteroatoms. The maximum absolute atomic E-state index is 5.49. The summed E-state index contributed by atoms with van der Waals surface area (Å²) in [6.07, 6.45) is 0. The fourth-order valence-electron chi connectivity index (χ4n) is 8.04. The Morgan fingerprint density at radius 1 is 0.442 bits per heavy atom. The molecule has 0 spiro atoms. The third kappa shape index (κ3) is 4.98. The van der Waals surface area contributed by atoms with Crippen LogP contribution in [0.15, 0.2) is 170 Å². The minimum absolute atomic E-state index is 0.781. The molecule has 0 saturated carbocycles. The van der Waals surface area contributed by atoms with E-state index in [1.54, 1.807) is 0 Å². The topological polar surface area (TPSA) is 25.8 Å². The van der Waals surface area contributed by atoms with Crippen LogP contribution in [0.4, 0.5) is 0 Å². The van der Waals surface area contributed by atoms with Gasteiger partial charge in [0, 0.05) is 42.2 Å². The molecule has 246 valence electrons. The van der Waals surface area contributed by atoms with Crippen LogP contribution in [0.1, 0.15) is 0 Å². The molecule has 0 radical (unpaired) electrons. The smallest absolute Gasteiger partial charge is 0.159 e. The predicted molar refractivity (Wildman–Crippen MR) is 224 cm³/mol. The molecular weight excluding hydrogens is 665 g/mol. The summed E-state index contributed by atoms with van der Waals surface area (Å²) in [6.45, 7) is 4.87. The summed E-state index contributed by atoms with van der Waals surface area (Å²) in [6, 6.07) is 61.4. The standard InChI is InChI=1S/C48H34N2SSi/c1-52(2)43-27-9-7-23-41(43)44-45(36-20-11-18-34(29-36)33-17-10-16-32(28-33)31-14-4-3-5-15-31)49-47(50-48(44)52)37-21-12-19-35(30-37)38-24-13-25-40-39-22-6-8-26-42(39)51-46(38)40/h3-30H,1-2H3. The van der Waals surface area contributed by atoms with Crippen molar-refractivity contribution < 1.29 is 0 Å². The number of benzene rings is 7. The third-order valence-corrected chi connectivity index (χ3v) is 15.2. The number of fused-ring (bicyclic) bond motifs is 6. The van der Waals surface area contributed by atoms with Crippen molar-refractivity contribution in [3.8, 4) is 67.2 Å². The van der Waals surface area contributed by atoms with Gasteiger partial charge in [-0.3, -0.25) is 0 Å². The lowest BCUT2D eigenvalue weighted by atomic mass is 9.95. The highest BCUT2D eigenvalue weighted by molar-refractivity contribution is 7.26. The van der Waals surface area contributed by atoms with E-state index in [-0.39, 0.29) is 0 Å². The van der Waals surface area contributed by atoms with Crippen molar-refractivity contribution in [2.75, 3.05) is 0 Å². The number of thiophene rings is 1. The zero-order valence-corrected chi connectivity index (χ0v) is 30.8. The molecule has 10 rings (SSSR count). The fourth-order valence-corrected chi connectivity index (χ4v) is 12.2. The van der Waals surface area contributed by atoms with Crippen molar-refractivity contribution in [1.29, 1.82) is 0 Å². The van der Waals surface area contributed by atoms with Crippen molar-refractivity contribution in [2.24, 2.45) is 0 Å². The second-order valence-electron chi connectivity index (χ2n) is 14.2. The minimum Gasteiger partial charge on any atom is -0.237 e. The lowest BCUT2D eigenvalue weighted by Crippen LogP contribution is -2.50. The molecule has 2 aromatic heterocycles. The van der Waals surface area contributed by atoms with E-state index in [1.165, 1.54) is 75.2 Å². The Balaban J connectivity index is 1.14. The molecule has 0 saturated heterocycles. The van der Waals surface area contributed by atoms with Gasteiger partial charge < -0.3 is 0 Å². The van der Waals surface area contributed by atoms with E-state index in [9.17, 15) is 0 Å². The number of rotatable bonds is 5. The summed E-state index contributed by atoms with van der Waals surface area (Å²) in [5.74, 6) is 0.781. The zero-order chi connectivity index (χ0) is 34.8. The Morgan fingerprint density at radius 2 is 1.00 bits per heavy atom. The summed E-state index contributed by atoms with van der Waals surface area (Å²) in [7, 11) is -2.11. The molecule has 9 aromatic rings. The first-order valence-electron chi connectivity index (χ1n) is 17.8. The highest BCUT2D eigenvalue weighted by atomic mass is 32.1. The molecule has 0 fully saturated rings. The first kappa shape index (κ1) is 30.8. The average Bonchev–Trinajstić information content (AvgIpc) is 3.70. The van der Waals surface area contributed by atoms with Gasteiger partial charge in [0.2, 0.25) is 0 Å². The SMILES string of the molecule is C[Si]1(C)c2ccccc2-c2c(-c3cccc(-c4cccc(-c5ccccc5)c4)c3)nc(-c3cccc(-c4cccc5c4sc4ccccc45)c3)nc21. The Kier molecular flexibility index (Phi) is 7.17. The van der Waals surface area contributed by atoms with Gasteiger partial charge in [-0.15, -0.1) is 11.3 Å². The average molecular weight is 699 g/mol. The van der Waals surface area contributed by atoms with Gasteiger partial charge in [-0.1, -0.05) is 159 Å². The summed E-state index contributed by atoms with van der Waals surface area (Å²) in [5, 5.41) is 5.25. The Labute approximate surface area is 308 Å². The van der Waals surface area contributed by atoms with E-state index in [0.29, 0.717) is 0 Å². The predicted octanol–water partition coefficient (Wildman–Crippen LogP) is 12.0. The van der Waals surface area contributed by atoms with Crippen LogP contribution in [-0.2, 0) is 0 Å². The van der Waals surface area contributed by atoms with Crippen molar-refractivity contribution >= 4 is 50.1 Å². The molecule has 2 nitrogen and oxygen atoms in total. The quantitative estimate of drug-likeness (QED) is 0.167. The van der Waals surface area contributed by atoms with Crippen LogP contribution in [0.5, 0.6) is 0 Å². The number of hydrogen-bond donors (Lipinski definition) is 0. The molecule has 52 heavy (non-hydrogen) atoms. The Morgan fingerprint density at radius 3 is 1.83 bits per heavy atom. The largest absolute Gasteiger partial charge is 0.237 e. The minimum atomic E-state index is -2.11. The Bertz CT molecular complexity index is 2830. The van der Waals surface area contributed by atoms with E-state index in [4.69, 9.17) is 9.97 Å². The molecule has 1 aliphatic heterocycles. The van der Waals surface area contributed by atoms with Crippen LogP contribution in [-0.4, -0.2) is 18.0 Å². The maximum atomic E-state index is 5.49. The van der Waals surface area contributed by atoms with Gasteiger partial charge in [-0.05, 0) is 68.4 Å².